The third-order valence-corrected chi connectivity index (χ3v) is 3.13. The largest absolute Gasteiger partial charge is 0.491 e. The average Bonchev–Trinajstić information content (AvgIpc) is 2.43. The molecule has 2 aromatic carbocycles. The van der Waals surface area contributed by atoms with Crippen molar-refractivity contribution in [2.24, 2.45) is 0 Å². The molecule has 2 aromatic rings. The zero-order valence-electron chi connectivity index (χ0n) is 12.3. The van der Waals surface area contributed by atoms with Gasteiger partial charge in [-0.25, -0.2) is 4.39 Å². The molecule has 0 bridgehead atoms. The number of anilines is 1. The molecule has 21 heavy (non-hydrogen) atoms. The Kier molecular flexibility index (Phi) is 4.26. The molecule has 0 unspecified atom stereocenters. The molecule has 0 amide bonds. The molecule has 110 valence electrons. The van der Waals surface area contributed by atoms with E-state index in [0.29, 0.717) is 16.9 Å². The topological polar surface area (TPSA) is 52.3 Å². The van der Waals surface area contributed by atoms with E-state index in [0.717, 1.165) is 0 Å². The Hall–Kier alpha value is -2.36. The smallest absolute Gasteiger partial charge is 0.193 e. The molecule has 0 heterocycles. The minimum atomic E-state index is -0.474. The third kappa shape index (κ3) is 3.40. The summed E-state index contributed by atoms with van der Waals surface area (Å²) < 4.78 is 19.2. The van der Waals surface area contributed by atoms with E-state index < -0.39 is 5.82 Å². The highest BCUT2D eigenvalue weighted by Crippen LogP contribution is 2.21. The Morgan fingerprint density at radius 2 is 1.76 bits per heavy atom. The predicted molar refractivity (Wildman–Crippen MR) is 81.2 cm³/mol. The Balaban J connectivity index is 2.28. The van der Waals surface area contributed by atoms with Gasteiger partial charge in [0.25, 0.3) is 0 Å². The molecule has 0 spiro atoms. The molecule has 0 aliphatic heterocycles. The molecular formula is C17H18FNO2. The molecule has 2 rings (SSSR count). The van der Waals surface area contributed by atoms with Gasteiger partial charge in [0.2, 0.25) is 0 Å². The van der Waals surface area contributed by atoms with Crippen molar-refractivity contribution in [1.29, 1.82) is 0 Å². The fourth-order valence-electron chi connectivity index (χ4n) is 1.95. The van der Waals surface area contributed by atoms with Gasteiger partial charge in [-0.15, -0.1) is 0 Å². The maximum atomic E-state index is 13.7. The predicted octanol–water partition coefficient (Wildman–Crippen LogP) is 3.73. The highest BCUT2D eigenvalue weighted by atomic mass is 19.1. The number of rotatable bonds is 4. The van der Waals surface area contributed by atoms with Crippen LogP contribution in [0.1, 0.15) is 35.3 Å². The number of ketones is 1. The first-order chi connectivity index (χ1) is 9.88. The number of carbonyl (C=O) groups is 1. The molecule has 0 fully saturated rings. The fraction of sp³-hybridized carbons (Fsp3) is 0.235. The van der Waals surface area contributed by atoms with E-state index in [2.05, 4.69) is 0 Å². The summed E-state index contributed by atoms with van der Waals surface area (Å²) >= 11 is 0. The van der Waals surface area contributed by atoms with E-state index in [9.17, 15) is 9.18 Å². The van der Waals surface area contributed by atoms with Gasteiger partial charge < -0.3 is 10.5 Å². The molecule has 2 N–H and O–H groups in total. The maximum absolute atomic E-state index is 13.7. The van der Waals surface area contributed by atoms with Crippen LogP contribution in [0.25, 0.3) is 0 Å². The van der Waals surface area contributed by atoms with E-state index in [-0.39, 0.29) is 23.1 Å². The van der Waals surface area contributed by atoms with Crippen LogP contribution in [0.4, 0.5) is 10.1 Å². The van der Waals surface area contributed by atoms with Crippen molar-refractivity contribution in [3.8, 4) is 5.75 Å². The van der Waals surface area contributed by atoms with Crippen LogP contribution < -0.4 is 10.5 Å². The van der Waals surface area contributed by atoms with E-state index in [1.54, 1.807) is 31.2 Å². The lowest BCUT2D eigenvalue weighted by Gasteiger charge is -2.10. The molecule has 0 aliphatic rings. The number of nitrogens with two attached hydrogens (primary N) is 1. The lowest BCUT2D eigenvalue weighted by molar-refractivity contribution is 0.103. The van der Waals surface area contributed by atoms with Crippen molar-refractivity contribution in [2.75, 3.05) is 5.73 Å². The zero-order chi connectivity index (χ0) is 15.6. The second kappa shape index (κ2) is 5.95. The Labute approximate surface area is 123 Å². The molecular weight excluding hydrogens is 269 g/mol. The minimum absolute atomic E-state index is 0.0672. The molecule has 4 heteroatoms. The van der Waals surface area contributed by atoms with Gasteiger partial charge in [-0.05, 0) is 57.2 Å². The van der Waals surface area contributed by atoms with Crippen LogP contribution in [0.5, 0.6) is 5.75 Å². The van der Waals surface area contributed by atoms with Crippen molar-refractivity contribution < 1.29 is 13.9 Å². The van der Waals surface area contributed by atoms with Crippen LogP contribution >= 0.6 is 0 Å². The molecule has 0 saturated carbocycles. The van der Waals surface area contributed by atoms with E-state index in [1.807, 2.05) is 13.8 Å². The third-order valence-electron chi connectivity index (χ3n) is 3.13. The van der Waals surface area contributed by atoms with E-state index >= 15 is 0 Å². The first-order valence-electron chi connectivity index (χ1n) is 6.75. The van der Waals surface area contributed by atoms with Crippen molar-refractivity contribution in [2.45, 2.75) is 26.9 Å². The van der Waals surface area contributed by atoms with E-state index in [4.69, 9.17) is 10.5 Å². The van der Waals surface area contributed by atoms with Crippen molar-refractivity contribution in [3.63, 3.8) is 0 Å². The molecule has 0 aliphatic carbocycles. The summed E-state index contributed by atoms with van der Waals surface area (Å²) in [6, 6.07) is 9.48. The fourth-order valence-corrected chi connectivity index (χ4v) is 1.95. The highest BCUT2D eigenvalue weighted by Gasteiger charge is 2.13. The second-order valence-electron chi connectivity index (χ2n) is 5.19. The van der Waals surface area contributed by atoms with Crippen molar-refractivity contribution >= 4 is 11.5 Å². The SMILES string of the molecule is Cc1c(N)cc(C(=O)c2ccc(OC(C)C)cc2)cc1F. The number of benzene rings is 2. The first-order valence-corrected chi connectivity index (χ1v) is 6.75. The monoisotopic (exact) mass is 287 g/mol. The van der Waals surface area contributed by atoms with Gasteiger partial charge in [0, 0.05) is 22.4 Å². The van der Waals surface area contributed by atoms with Crippen LogP contribution in [0.3, 0.4) is 0 Å². The van der Waals surface area contributed by atoms with Crippen molar-refractivity contribution in [3.05, 3.63) is 58.9 Å². The van der Waals surface area contributed by atoms with Gasteiger partial charge in [-0.3, -0.25) is 4.79 Å². The Morgan fingerprint density at radius 1 is 1.14 bits per heavy atom. The highest BCUT2D eigenvalue weighted by molar-refractivity contribution is 6.09. The number of nitrogen functional groups attached to an aromatic ring is 1. The zero-order valence-corrected chi connectivity index (χ0v) is 12.3. The summed E-state index contributed by atoms with van der Waals surface area (Å²) in [4.78, 5) is 12.3. The number of hydrogen-bond acceptors (Lipinski definition) is 3. The summed E-state index contributed by atoms with van der Waals surface area (Å²) in [7, 11) is 0. The maximum Gasteiger partial charge on any atom is 0.193 e. The lowest BCUT2D eigenvalue weighted by atomic mass is 10.0. The summed E-state index contributed by atoms with van der Waals surface area (Å²) in [5.74, 6) is -0.0500. The number of carbonyl (C=O) groups excluding carboxylic acids is 1. The molecule has 0 aromatic heterocycles. The van der Waals surface area contributed by atoms with Gasteiger partial charge in [0.1, 0.15) is 11.6 Å². The Morgan fingerprint density at radius 3 is 2.29 bits per heavy atom. The van der Waals surface area contributed by atoms with Gasteiger partial charge in [0.15, 0.2) is 5.78 Å². The van der Waals surface area contributed by atoms with Crippen LogP contribution in [0.2, 0.25) is 0 Å². The summed E-state index contributed by atoms with van der Waals surface area (Å²) in [6.07, 6.45) is 0.0672. The molecule has 0 atom stereocenters. The summed E-state index contributed by atoms with van der Waals surface area (Å²) in [5.41, 5.74) is 7.04. The van der Waals surface area contributed by atoms with Gasteiger partial charge in [-0.2, -0.15) is 0 Å². The quantitative estimate of drug-likeness (QED) is 0.688. The molecule has 3 nitrogen and oxygen atoms in total. The number of hydrogen-bond donors (Lipinski definition) is 1. The van der Waals surface area contributed by atoms with Crippen molar-refractivity contribution in [1.82, 2.24) is 0 Å². The van der Waals surface area contributed by atoms with Gasteiger partial charge in [-0.1, -0.05) is 0 Å². The standard InChI is InChI=1S/C17H18FNO2/c1-10(2)21-14-6-4-12(5-7-14)17(20)13-8-15(18)11(3)16(19)9-13/h4-10H,19H2,1-3H3. The number of halogens is 1. The van der Waals surface area contributed by atoms with Crippen LogP contribution in [0, 0.1) is 12.7 Å². The van der Waals surface area contributed by atoms with Crippen LogP contribution in [-0.4, -0.2) is 11.9 Å². The van der Waals surface area contributed by atoms with Crippen LogP contribution in [-0.2, 0) is 0 Å². The second-order valence-corrected chi connectivity index (χ2v) is 5.19. The number of ether oxygens (including phenoxy) is 1. The first kappa shape index (κ1) is 15.0. The average molecular weight is 287 g/mol. The summed E-state index contributed by atoms with van der Waals surface area (Å²) in [6.45, 7) is 5.44. The molecule has 0 saturated heterocycles. The molecule has 0 radical (unpaired) electrons. The normalized spacial score (nSPS) is 10.7. The lowest BCUT2D eigenvalue weighted by Crippen LogP contribution is -2.07. The van der Waals surface area contributed by atoms with Crippen LogP contribution in [0.15, 0.2) is 36.4 Å². The minimum Gasteiger partial charge on any atom is -0.491 e. The van der Waals surface area contributed by atoms with Gasteiger partial charge in [0.05, 0.1) is 6.10 Å². The summed E-state index contributed by atoms with van der Waals surface area (Å²) in [5, 5.41) is 0. The van der Waals surface area contributed by atoms with E-state index in [1.165, 1.54) is 12.1 Å². The van der Waals surface area contributed by atoms with Gasteiger partial charge >= 0.3 is 0 Å². The Bertz CT molecular complexity index is 640.